The summed E-state index contributed by atoms with van der Waals surface area (Å²) in [6.45, 7) is 5.38. The summed E-state index contributed by atoms with van der Waals surface area (Å²) in [5, 5.41) is 11.7. The molecule has 0 aliphatic carbocycles. The molecule has 1 aromatic rings. The lowest BCUT2D eigenvalue weighted by molar-refractivity contribution is -0.117. The zero-order chi connectivity index (χ0) is 18.8. The van der Waals surface area contributed by atoms with Gasteiger partial charge in [0.15, 0.2) is 18.1 Å². The molecular weight excluding hydrogens is 330 g/mol. The maximum absolute atomic E-state index is 12.2. The first-order chi connectivity index (χ1) is 12.7. The summed E-state index contributed by atoms with van der Waals surface area (Å²) in [7, 11) is 1.54. The van der Waals surface area contributed by atoms with E-state index in [1.165, 1.54) is 6.42 Å². The number of nitriles is 1. The van der Waals surface area contributed by atoms with E-state index in [1.54, 1.807) is 31.4 Å². The van der Waals surface area contributed by atoms with Crippen LogP contribution < -0.4 is 14.8 Å². The molecule has 1 saturated heterocycles. The zero-order valence-corrected chi connectivity index (χ0v) is 15.5. The Morgan fingerprint density at radius 1 is 1.38 bits per heavy atom. The second kappa shape index (κ2) is 10.5. The minimum Gasteiger partial charge on any atom is -0.493 e. The lowest BCUT2D eigenvalue weighted by atomic mass is 10.0. The number of carbonyl (C=O) groups is 1. The molecule has 6 nitrogen and oxygen atoms in total. The maximum atomic E-state index is 12.2. The molecule has 140 valence electrons. The Morgan fingerprint density at radius 2 is 2.15 bits per heavy atom. The average molecular weight is 357 g/mol. The van der Waals surface area contributed by atoms with Gasteiger partial charge in [0.2, 0.25) is 5.91 Å². The summed E-state index contributed by atoms with van der Waals surface area (Å²) < 4.78 is 10.6. The number of nitrogens with one attached hydrogen (secondary N) is 1. The fourth-order valence-electron chi connectivity index (χ4n) is 3.06. The number of piperidine rings is 1. The van der Waals surface area contributed by atoms with Gasteiger partial charge in [-0.1, -0.05) is 13.0 Å². The van der Waals surface area contributed by atoms with Gasteiger partial charge in [-0.2, -0.15) is 5.26 Å². The standard InChI is InChI=1S/C20H27N3O3/c1-3-11-23-12-8-17(9-13-23)22-20(24)7-5-16-4-6-18(26-14-10-21)19(15-16)25-2/h4-7,15,17H,3,8-9,11-14H2,1-2H3,(H,22,24)/b7-5+. The second-order valence-corrected chi connectivity index (χ2v) is 6.31. The summed E-state index contributed by atoms with van der Waals surface area (Å²) in [5.74, 6) is 0.961. The topological polar surface area (TPSA) is 74.6 Å². The lowest BCUT2D eigenvalue weighted by Crippen LogP contribution is -2.44. The number of carbonyl (C=O) groups excluding carboxylic acids is 1. The first-order valence-electron chi connectivity index (χ1n) is 9.05. The van der Waals surface area contributed by atoms with Crippen LogP contribution in [0.4, 0.5) is 0 Å². The predicted molar refractivity (Wildman–Crippen MR) is 101 cm³/mol. The first-order valence-corrected chi connectivity index (χ1v) is 9.05. The number of rotatable bonds is 8. The SMILES string of the molecule is CCCN1CCC(NC(=O)/C=C/c2ccc(OCC#N)c(OC)c2)CC1. The van der Waals surface area contributed by atoms with Gasteiger partial charge in [0.05, 0.1) is 7.11 Å². The van der Waals surface area contributed by atoms with Crippen LogP contribution >= 0.6 is 0 Å². The van der Waals surface area contributed by atoms with Crippen molar-refractivity contribution in [2.75, 3.05) is 33.4 Å². The number of hydrogen-bond donors (Lipinski definition) is 1. The molecule has 0 saturated carbocycles. The third kappa shape index (κ3) is 6.08. The van der Waals surface area contributed by atoms with Gasteiger partial charge in [0, 0.05) is 25.2 Å². The maximum Gasteiger partial charge on any atom is 0.244 e. The number of benzene rings is 1. The molecule has 0 bridgehead atoms. The summed E-state index contributed by atoms with van der Waals surface area (Å²) >= 11 is 0. The van der Waals surface area contributed by atoms with Crippen molar-refractivity contribution in [1.82, 2.24) is 10.2 Å². The fraction of sp³-hybridized carbons (Fsp3) is 0.500. The van der Waals surface area contributed by atoms with E-state index < -0.39 is 0 Å². The molecule has 0 spiro atoms. The highest BCUT2D eigenvalue weighted by atomic mass is 16.5. The number of amides is 1. The van der Waals surface area contributed by atoms with Gasteiger partial charge >= 0.3 is 0 Å². The zero-order valence-electron chi connectivity index (χ0n) is 15.5. The van der Waals surface area contributed by atoms with Crippen molar-refractivity contribution in [2.24, 2.45) is 0 Å². The molecule has 0 aromatic heterocycles. The van der Waals surface area contributed by atoms with Crippen molar-refractivity contribution in [3.05, 3.63) is 29.8 Å². The van der Waals surface area contributed by atoms with Crippen molar-refractivity contribution in [3.63, 3.8) is 0 Å². The van der Waals surface area contributed by atoms with Crippen molar-refractivity contribution < 1.29 is 14.3 Å². The van der Waals surface area contributed by atoms with E-state index in [1.807, 2.05) is 12.1 Å². The Hall–Kier alpha value is -2.52. The van der Waals surface area contributed by atoms with Crippen LogP contribution in [0.1, 0.15) is 31.7 Å². The molecule has 0 unspecified atom stereocenters. The summed E-state index contributed by atoms with van der Waals surface area (Å²) in [6, 6.07) is 7.50. The molecule has 2 rings (SSSR count). The van der Waals surface area contributed by atoms with Gasteiger partial charge in [-0.25, -0.2) is 0 Å². The van der Waals surface area contributed by atoms with Gasteiger partial charge in [0.1, 0.15) is 6.07 Å². The highest BCUT2D eigenvalue weighted by molar-refractivity contribution is 5.92. The predicted octanol–water partition coefficient (Wildman–Crippen LogP) is 2.60. The molecule has 1 aliphatic heterocycles. The molecule has 0 atom stereocenters. The van der Waals surface area contributed by atoms with E-state index in [0.29, 0.717) is 11.5 Å². The smallest absolute Gasteiger partial charge is 0.244 e. The monoisotopic (exact) mass is 357 g/mol. The van der Waals surface area contributed by atoms with Crippen molar-refractivity contribution in [2.45, 2.75) is 32.2 Å². The lowest BCUT2D eigenvalue weighted by Gasteiger charge is -2.31. The second-order valence-electron chi connectivity index (χ2n) is 6.31. The largest absolute Gasteiger partial charge is 0.493 e. The van der Waals surface area contributed by atoms with Crippen molar-refractivity contribution in [1.29, 1.82) is 5.26 Å². The quantitative estimate of drug-likeness (QED) is 0.724. The number of methoxy groups -OCH3 is 1. The number of ether oxygens (including phenoxy) is 2. The number of hydrogen-bond acceptors (Lipinski definition) is 5. The van der Waals surface area contributed by atoms with Gasteiger partial charge < -0.3 is 19.7 Å². The number of likely N-dealkylation sites (tertiary alicyclic amines) is 1. The van der Waals surface area contributed by atoms with Gasteiger partial charge in [-0.15, -0.1) is 0 Å². The Kier molecular flexibility index (Phi) is 7.97. The molecule has 1 fully saturated rings. The van der Waals surface area contributed by atoms with E-state index in [-0.39, 0.29) is 18.6 Å². The minimum absolute atomic E-state index is 0.0367. The molecule has 1 heterocycles. The van der Waals surface area contributed by atoms with Gasteiger partial charge in [0.25, 0.3) is 0 Å². The van der Waals surface area contributed by atoms with E-state index in [4.69, 9.17) is 14.7 Å². The fourth-order valence-corrected chi connectivity index (χ4v) is 3.06. The van der Waals surface area contributed by atoms with Crippen LogP contribution in [0.2, 0.25) is 0 Å². The molecule has 1 amide bonds. The van der Waals surface area contributed by atoms with E-state index in [2.05, 4.69) is 17.1 Å². The van der Waals surface area contributed by atoms with Gasteiger partial charge in [-0.3, -0.25) is 4.79 Å². The molecule has 26 heavy (non-hydrogen) atoms. The van der Waals surface area contributed by atoms with Crippen LogP contribution in [0.5, 0.6) is 11.5 Å². The van der Waals surface area contributed by atoms with Crippen LogP contribution in [-0.2, 0) is 4.79 Å². The van der Waals surface area contributed by atoms with Crippen LogP contribution in [0, 0.1) is 11.3 Å². The molecule has 6 heteroatoms. The van der Waals surface area contributed by atoms with Crippen molar-refractivity contribution in [3.8, 4) is 17.6 Å². The molecule has 1 N–H and O–H groups in total. The van der Waals surface area contributed by atoms with Crippen LogP contribution in [0.3, 0.4) is 0 Å². The number of nitrogens with zero attached hydrogens (tertiary/aromatic N) is 2. The third-order valence-electron chi connectivity index (χ3n) is 4.38. The van der Waals surface area contributed by atoms with Crippen molar-refractivity contribution >= 4 is 12.0 Å². The Balaban J connectivity index is 1.87. The molecule has 0 radical (unpaired) electrons. The Labute approximate surface area is 155 Å². The third-order valence-corrected chi connectivity index (χ3v) is 4.38. The van der Waals surface area contributed by atoms with E-state index in [0.717, 1.165) is 38.0 Å². The molecule has 1 aliphatic rings. The van der Waals surface area contributed by atoms with Crippen LogP contribution in [0.15, 0.2) is 24.3 Å². The van der Waals surface area contributed by atoms with Crippen LogP contribution in [0.25, 0.3) is 6.08 Å². The summed E-state index contributed by atoms with van der Waals surface area (Å²) in [4.78, 5) is 14.6. The normalized spacial score (nSPS) is 15.6. The van der Waals surface area contributed by atoms with Crippen LogP contribution in [-0.4, -0.2) is 50.2 Å². The Morgan fingerprint density at radius 3 is 2.81 bits per heavy atom. The Bertz CT molecular complexity index is 659. The first kappa shape index (κ1) is 19.8. The summed E-state index contributed by atoms with van der Waals surface area (Å²) in [6.07, 6.45) is 6.46. The molecule has 1 aromatic carbocycles. The van der Waals surface area contributed by atoms with Gasteiger partial charge in [-0.05, 0) is 49.6 Å². The highest BCUT2D eigenvalue weighted by Crippen LogP contribution is 2.28. The summed E-state index contributed by atoms with van der Waals surface area (Å²) in [5.41, 5.74) is 0.832. The highest BCUT2D eigenvalue weighted by Gasteiger charge is 2.19. The molecular formula is C20H27N3O3. The van der Waals surface area contributed by atoms with E-state index in [9.17, 15) is 4.79 Å². The average Bonchev–Trinajstić information content (AvgIpc) is 2.66. The minimum atomic E-state index is -0.0808. The van der Waals surface area contributed by atoms with E-state index >= 15 is 0 Å².